The van der Waals surface area contributed by atoms with E-state index in [1.54, 1.807) is 6.20 Å². The molecule has 5 rings (SSSR count). The Labute approximate surface area is 210 Å². The van der Waals surface area contributed by atoms with Crippen LogP contribution in [-0.2, 0) is 20.1 Å². The van der Waals surface area contributed by atoms with E-state index in [1.807, 2.05) is 66.9 Å². The van der Waals surface area contributed by atoms with E-state index in [2.05, 4.69) is 71.5 Å². The number of hydrogen-bond donors (Lipinski definition) is 0. The predicted molar refractivity (Wildman–Crippen MR) is 134 cm³/mol. The molecule has 0 atom stereocenters. The maximum atomic E-state index is 4.41. The van der Waals surface area contributed by atoms with Crippen LogP contribution in [0.1, 0.15) is 5.56 Å². The molecule has 0 fully saturated rings. The van der Waals surface area contributed by atoms with E-state index >= 15 is 0 Å². The zero-order valence-corrected chi connectivity index (χ0v) is 21.1. The molecule has 0 aliphatic rings. The molecule has 0 unspecified atom stereocenters. The third-order valence-electron chi connectivity index (χ3n) is 4.75. The molecule has 3 aromatic carbocycles. The van der Waals surface area contributed by atoms with Gasteiger partial charge >= 0.3 is 20.1 Å². The molecule has 5 aromatic rings. The minimum atomic E-state index is 0. The van der Waals surface area contributed by atoms with Gasteiger partial charge in [0.05, 0.1) is 0 Å². The molecule has 0 N–H and O–H groups in total. The molecule has 3 heteroatoms. The first-order chi connectivity index (χ1) is 15.3. The van der Waals surface area contributed by atoms with Crippen molar-refractivity contribution in [2.24, 2.45) is 0 Å². The van der Waals surface area contributed by atoms with E-state index in [0.29, 0.717) is 0 Å². The Kier molecular flexibility index (Phi) is 10.4. The fraction of sp³-hybridized carbons (Fsp3) is 0.0333. The van der Waals surface area contributed by atoms with Crippen molar-refractivity contribution >= 4 is 0 Å². The zero-order valence-electron chi connectivity index (χ0n) is 18.7. The van der Waals surface area contributed by atoms with Gasteiger partial charge < -0.3 is 17.4 Å². The zero-order chi connectivity index (χ0) is 21.3. The van der Waals surface area contributed by atoms with Crippen LogP contribution >= 0.6 is 0 Å². The molecular weight excluding hydrogens is 581 g/mol. The number of rotatable bonds is 3. The van der Waals surface area contributed by atoms with Crippen LogP contribution in [0.4, 0.5) is 0 Å². The molecule has 0 aliphatic heterocycles. The molecule has 0 amide bonds. The van der Waals surface area contributed by atoms with Crippen molar-refractivity contribution in [1.29, 1.82) is 0 Å². The Morgan fingerprint density at radius 1 is 0.576 bits per heavy atom. The first-order valence-electron chi connectivity index (χ1n) is 10.2. The minimum absolute atomic E-state index is 0. The van der Waals surface area contributed by atoms with Gasteiger partial charge in [0.1, 0.15) is 0 Å². The van der Waals surface area contributed by atoms with Crippen LogP contribution in [-0.4, -0.2) is 9.97 Å². The standard InChI is InChI=1S/C18H14N.C11H8N.CH3.Ir/c1-14-10-11-19-18(12-14)17-9-5-8-16(13-17)15-6-3-2-4-7-15;1-2-6-10(7-3-1)11-8-4-5-9-12-11;;/h2-8,10-13H,1H3;1-6,8-9H;1H3;/q3*-1;+3. The molecule has 2 nitrogen and oxygen atoms in total. The molecule has 2 heterocycles. The van der Waals surface area contributed by atoms with Crippen LogP contribution in [0, 0.1) is 26.5 Å². The van der Waals surface area contributed by atoms with Crippen molar-refractivity contribution < 1.29 is 20.1 Å². The first kappa shape index (κ1) is 25.9. The van der Waals surface area contributed by atoms with Crippen LogP contribution in [0.5, 0.6) is 0 Å². The van der Waals surface area contributed by atoms with Gasteiger partial charge in [-0.05, 0) is 36.0 Å². The second-order valence-electron chi connectivity index (χ2n) is 7.07. The van der Waals surface area contributed by atoms with Crippen LogP contribution in [0.2, 0.25) is 0 Å². The SMILES string of the molecule is Cc1ccnc(-c2[c-]ccc(-c3ccccc3)c2)c1.[CH3-].[Ir+3].[c-]1ccccc1-c1ccccn1. The van der Waals surface area contributed by atoms with Gasteiger partial charge in [-0.3, -0.25) is 0 Å². The Morgan fingerprint density at radius 2 is 1.30 bits per heavy atom. The number of aryl methyl sites for hydroxylation is 1. The maximum absolute atomic E-state index is 4.41. The van der Waals surface area contributed by atoms with Crippen LogP contribution in [0.15, 0.2) is 116 Å². The third kappa shape index (κ3) is 7.32. The number of aromatic nitrogens is 2. The maximum Gasteiger partial charge on any atom is 3.00 e. The fourth-order valence-electron chi connectivity index (χ4n) is 3.18. The van der Waals surface area contributed by atoms with Gasteiger partial charge in [-0.25, -0.2) is 0 Å². The molecule has 0 saturated carbocycles. The summed E-state index contributed by atoms with van der Waals surface area (Å²) in [6, 6.07) is 40.7. The van der Waals surface area contributed by atoms with Crippen molar-refractivity contribution in [2.45, 2.75) is 6.92 Å². The summed E-state index contributed by atoms with van der Waals surface area (Å²) in [7, 11) is 0. The van der Waals surface area contributed by atoms with E-state index in [-0.39, 0.29) is 27.5 Å². The van der Waals surface area contributed by atoms with E-state index in [0.717, 1.165) is 22.5 Å². The molecule has 0 bridgehead atoms. The van der Waals surface area contributed by atoms with Crippen LogP contribution in [0.25, 0.3) is 33.6 Å². The number of pyridine rings is 2. The Balaban J connectivity index is 0.000000240. The second kappa shape index (κ2) is 13.2. The van der Waals surface area contributed by atoms with Crippen molar-refractivity contribution in [3.8, 4) is 33.6 Å². The van der Waals surface area contributed by atoms with Gasteiger partial charge in [-0.1, -0.05) is 54.1 Å². The summed E-state index contributed by atoms with van der Waals surface area (Å²) >= 11 is 0. The third-order valence-corrected chi connectivity index (χ3v) is 4.75. The molecule has 0 aliphatic carbocycles. The summed E-state index contributed by atoms with van der Waals surface area (Å²) in [4.78, 5) is 8.63. The van der Waals surface area contributed by atoms with E-state index in [9.17, 15) is 0 Å². The quantitative estimate of drug-likeness (QED) is 0.199. The predicted octanol–water partition coefficient (Wildman–Crippen LogP) is 7.52. The molecular formula is C30H25IrN2. The number of nitrogens with zero attached hydrogens (tertiary/aromatic N) is 2. The largest absolute Gasteiger partial charge is 3.00 e. The average Bonchev–Trinajstić information content (AvgIpc) is 2.86. The van der Waals surface area contributed by atoms with Crippen LogP contribution < -0.4 is 0 Å². The normalized spacial score (nSPS) is 9.48. The van der Waals surface area contributed by atoms with Gasteiger partial charge in [0.2, 0.25) is 0 Å². The fourth-order valence-corrected chi connectivity index (χ4v) is 3.18. The van der Waals surface area contributed by atoms with Gasteiger partial charge in [-0.15, -0.1) is 71.3 Å². The monoisotopic (exact) mass is 606 g/mol. The Morgan fingerprint density at radius 3 is 2.00 bits per heavy atom. The van der Waals surface area contributed by atoms with Crippen molar-refractivity contribution in [3.63, 3.8) is 0 Å². The summed E-state index contributed by atoms with van der Waals surface area (Å²) in [6.07, 6.45) is 3.63. The van der Waals surface area contributed by atoms with E-state index in [1.165, 1.54) is 16.7 Å². The minimum Gasteiger partial charge on any atom is -0.358 e. The molecule has 164 valence electrons. The van der Waals surface area contributed by atoms with Crippen molar-refractivity contribution in [3.05, 3.63) is 141 Å². The van der Waals surface area contributed by atoms with Gasteiger partial charge in [-0.2, -0.15) is 0 Å². The Bertz CT molecular complexity index is 1190. The van der Waals surface area contributed by atoms with Crippen LogP contribution in [0.3, 0.4) is 0 Å². The molecule has 0 saturated heterocycles. The van der Waals surface area contributed by atoms with Crippen molar-refractivity contribution in [2.75, 3.05) is 0 Å². The Hall–Kier alpha value is -3.39. The summed E-state index contributed by atoms with van der Waals surface area (Å²) in [6.45, 7) is 2.08. The number of benzene rings is 3. The van der Waals surface area contributed by atoms with Gasteiger partial charge in [0, 0.05) is 12.4 Å². The molecule has 33 heavy (non-hydrogen) atoms. The topological polar surface area (TPSA) is 25.8 Å². The van der Waals surface area contributed by atoms with E-state index in [4.69, 9.17) is 0 Å². The summed E-state index contributed by atoms with van der Waals surface area (Å²) in [5, 5.41) is 0. The summed E-state index contributed by atoms with van der Waals surface area (Å²) < 4.78 is 0. The smallest absolute Gasteiger partial charge is 0.358 e. The average molecular weight is 606 g/mol. The van der Waals surface area contributed by atoms with Crippen molar-refractivity contribution in [1.82, 2.24) is 9.97 Å². The van der Waals surface area contributed by atoms with Gasteiger partial charge in [0.25, 0.3) is 0 Å². The summed E-state index contributed by atoms with van der Waals surface area (Å²) in [5.74, 6) is 0. The van der Waals surface area contributed by atoms with Gasteiger partial charge in [0.15, 0.2) is 0 Å². The molecule has 0 radical (unpaired) electrons. The summed E-state index contributed by atoms with van der Waals surface area (Å²) in [5.41, 5.74) is 7.63. The van der Waals surface area contributed by atoms with E-state index < -0.39 is 0 Å². The number of hydrogen-bond acceptors (Lipinski definition) is 2. The first-order valence-corrected chi connectivity index (χ1v) is 10.2. The molecule has 2 aromatic heterocycles. The molecule has 0 spiro atoms. The second-order valence-corrected chi connectivity index (χ2v) is 7.07.